The van der Waals surface area contributed by atoms with Crippen LogP contribution >= 0.6 is 0 Å². The zero-order chi connectivity index (χ0) is 19.9. The van der Waals surface area contributed by atoms with Crippen LogP contribution in [0.3, 0.4) is 0 Å². The Morgan fingerprint density at radius 2 is 1.96 bits per heavy atom. The van der Waals surface area contributed by atoms with E-state index < -0.39 is 23.5 Å². The lowest BCUT2D eigenvalue weighted by molar-refractivity contribution is -0.146. The van der Waals surface area contributed by atoms with Crippen molar-refractivity contribution in [3.05, 3.63) is 11.1 Å². The van der Waals surface area contributed by atoms with Gasteiger partial charge in [-0.05, 0) is 19.8 Å². The number of carbonyl (C=O) groups excluding carboxylic acids is 2. The Hall–Kier alpha value is -3.17. The molecule has 0 aromatic carbocycles. The highest BCUT2D eigenvalue weighted by molar-refractivity contribution is 6.07. The van der Waals surface area contributed by atoms with Gasteiger partial charge in [-0.3, -0.25) is 14.4 Å². The largest absolute Gasteiger partial charge is 0.481 e. The van der Waals surface area contributed by atoms with Crippen molar-refractivity contribution in [1.29, 1.82) is 0 Å². The number of carboxylic acid groups (broad SMARTS) is 1. The number of nitrogens with one attached hydrogen (secondary N) is 1. The van der Waals surface area contributed by atoms with E-state index in [-0.39, 0.29) is 41.3 Å². The first kappa shape index (κ1) is 20.9. The summed E-state index contributed by atoms with van der Waals surface area (Å²) in [7, 11) is 0. The van der Waals surface area contributed by atoms with Gasteiger partial charge in [-0.25, -0.2) is 4.98 Å². The number of ketones is 2. The molecule has 1 heterocycles. The number of unbranched alkanes of at least 4 members (excludes halogenated alkanes) is 1. The number of hydrazone groups is 1. The average molecular weight is 364 g/mol. The number of aliphatic carboxylic acids is 1. The number of hydrogen-bond acceptors (Lipinski definition) is 8. The average Bonchev–Trinajstić information content (AvgIpc) is 2.56. The van der Waals surface area contributed by atoms with Crippen molar-refractivity contribution in [3.63, 3.8) is 0 Å². The molecule has 0 aliphatic heterocycles. The summed E-state index contributed by atoms with van der Waals surface area (Å²) >= 11 is 0. The van der Waals surface area contributed by atoms with Crippen molar-refractivity contribution in [3.8, 4) is 0 Å². The lowest BCUT2D eigenvalue weighted by atomic mass is 9.89. The van der Waals surface area contributed by atoms with Crippen LogP contribution in [0.2, 0.25) is 0 Å². The van der Waals surface area contributed by atoms with Crippen LogP contribution in [-0.2, 0) is 16.0 Å². The van der Waals surface area contributed by atoms with Crippen molar-refractivity contribution < 1.29 is 19.5 Å². The number of rotatable bonds is 10. The summed E-state index contributed by atoms with van der Waals surface area (Å²) in [5.74, 6) is 1.41. The van der Waals surface area contributed by atoms with Gasteiger partial charge in [-0.15, -0.1) is 0 Å². The topological polar surface area (TPSA) is 187 Å². The molecule has 1 atom stereocenters. The van der Waals surface area contributed by atoms with Crippen LogP contribution in [0.15, 0.2) is 5.10 Å². The van der Waals surface area contributed by atoms with E-state index in [1.165, 1.54) is 6.92 Å². The van der Waals surface area contributed by atoms with E-state index in [1.54, 1.807) is 0 Å². The fourth-order valence-electron chi connectivity index (χ4n) is 2.57. The van der Waals surface area contributed by atoms with Gasteiger partial charge in [-0.1, -0.05) is 13.3 Å². The number of aromatic nitrogens is 1. The molecule has 0 aliphatic rings. The Morgan fingerprint density at radius 3 is 2.46 bits per heavy atom. The third-order valence-corrected chi connectivity index (χ3v) is 3.87. The maximum atomic E-state index is 12.3. The normalized spacial score (nSPS) is 12.1. The summed E-state index contributed by atoms with van der Waals surface area (Å²) in [5.41, 5.74) is 12.0. The van der Waals surface area contributed by atoms with Gasteiger partial charge in [0.25, 0.3) is 0 Å². The minimum Gasteiger partial charge on any atom is -0.481 e. The molecule has 10 heteroatoms. The first-order valence-corrected chi connectivity index (χ1v) is 8.07. The molecule has 1 aromatic rings. The Labute approximate surface area is 150 Å². The van der Waals surface area contributed by atoms with Crippen molar-refractivity contribution >= 4 is 41.2 Å². The standard InChI is InChI=1S/C16H24N6O4/c1-3-4-5-11(24)9(16(25)26)6-10-12(8(2)23)13(20-7-21-19)15(18)22-14(10)17/h7,9H,3-6,19H2,1-2H3,(H,20,21)(H,25,26)(H4,17,18,22). The fourth-order valence-corrected chi connectivity index (χ4v) is 2.57. The van der Waals surface area contributed by atoms with E-state index >= 15 is 0 Å². The minimum absolute atomic E-state index is 0.0597. The second-order valence-corrected chi connectivity index (χ2v) is 5.75. The maximum Gasteiger partial charge on any atom is 0.314 e. The van der Waals surface area contributed by atoms with Crippen molar-refractivity contribution in [2.24, 2.45) is 16.9 Å². The molecular formula is C16H24N6O4. The number of carbonyl (C=O) groups is 3. The summed E-state index contributed by atoms with van der Waals surface area (Å²) in [5, 5.41) is 15.3. The van der Waals surface area contributed by atoms with Crippen molar-refractivity contribution in [1.82, 2.24) is 4.98 Å². The lowest BCUT2D eigenvalue weighted by Gasteiger charge is -2.18. The van der Waals surface area contributed by atoms with E-state index in [9.17, 15) is 19.5 Å². The molecule has 0 saturated carbocycles. The van der Waals surface area contributed by atoms with Gasteiger partial charge in [0.1, 0.15) is 29.7 Å². The Morgan fingerprint density at radius 1 is 1.31 bits per heavy atom. The summed E-state index contributed by atoms with van der Waals surface area (Å²) in [6.45, 7) is 3.17. The minimum atomic E-state index is -1.33. The second kappa shape index (κ2) is 9.35. The number of Topliss-reactive ketones (excluding diaryl/α,β-unsaturated/α-hetero) is 2. The first-order valence-electron chi connectivity index (χ1n) is 8.07. The van der Waals surface area contributed by atoms with E-state index in [2.05, 4.69) is 15.4 Å². The summed E-state index contributed by atoms with van der Waals surface area (Å²) in [6.07, 6.45) is 2.31. The van der Waals surface area contributed by atoms with Gasteiger partial charge >= 0.3 is 5.97 Å². The smallest absolute Gasteiger partial charge is 0.314 e. The van der Waals surface area contributed by atoms with E-state index in [4.69, 9.17) is 17.3 Å². The molecule has 0 saturated heterocycles. The molecule has 0 amide bonds. The van der Waals surface area contributed by atoms with Gasteiger partial charge in [0.2, 0.25) is 0 Å². The van der Waals surface area contributed by atoms with E-state index in [1.807, 2.05) is 6.92 Å². The molecule has 0 bridgehead atoms. The molecule has 1 aromatic heterocycles. The van der Waals surface area contributed by atoms with Gasteiger partial charge in [0.15, 0.2) is 5.78 Å². The van der Waals surface area contributed by atoms with Gasteiger partial charge in [-0.2, -0.15) is 5.10 Å². The highest BCUT2D eigenvalue weighted by Crippen LogP contribution is 2.31. The molecule has 0 fully saturated rings. The van der Waals surface area contributed by atoms with Crippen LogP contribution in [0.5, 0.6) is 0 Å². The Bertz CT molecular complexity index is 732. The van der Waals surface area contributed by atoms with Gasteiger partial charge in [0.05, 0.1) is 11.3 Å². The molecule has 0 aliphatic carbocycles. The van der Waals surface area contributed by atoms with E-state index in [0.717, 1.165) is 12.8 Å². The predicted molar refractivity (Wildman–Crippen MR) is 98.7 cm³/mol. The number of nitrogens with two attached hydrogens (primary N) is 3. The van der Waals surface area contributed by atoms with Gasteiger partial charge in [0, 0.05) is 12.0 Å². The molecule has 26 heavy (non-hydrogen) atoms. The summed E-state index contributed by atoms with van der Waals surface area (Å²) < 4.78 is 0. The molecule has 8 N–H and O–H groups in total. The number of nitrogen functional groups attached to an aromatic ring is 2. The second-order valence-electron chi connectivity index (χ2n) is 5.75. The number of nitrogens with zero attached hydrogens (tertiary/aromatic N) is 2. The highest BCUT2D eigenvalue weighted by atomic mass is 16.4. The summed E-state index contributed by atoms with van der Waals surface area (Å²) in [6, 6.07) is 0. The highest BCUT2D eigenvalue weighted by Gasteiger charge is 2.30. The quantitative estimate of drug-likeness (QED) is 0.0997. The third-order valence-electron chi connectivity index (χ3n) is 3.87. The van der Waals surface area contributed by atoms with Crippen LogP contribution in [0.25, 0.3) is 0 Å². The van der Waals surface area contributed by atoms with Gasteiger partial charge < -0.3 is 27.7 Å². The number of anilines is 3. The first-order chi connectivity index (χ1) is 12.2. The molecule has 142 valence electrons. The van der Waals surface area contributed by atoms with Crippen LogP contribution in [0.1, 0.15) is 49.0 Å². The lowest BCUT2D eigenvalue weighted by Crippen LogP contribution is -2.28. The Kier molecular flexibility index (Phi) is 7.51. The summed E-state index contributed by atoms with van der Waals surface area (Å²) in [4.78, 5) is 39.9. The van der Waals surface area contributed by atoms with Crippen LogP contribution in [0.4, 0.5) is 17.3 Å². The SMILES string of the molecule is CCCCC(=O)C(Cc1c(N)nc(N)c(NC=NN)c1C(C)=O)C(=O)O. The number of carboxylic acids is 1. The fraction of sp³-hybridized carbons (Fsp3) is 0.438. The Balaban J connectivity index is 3.42. The molecule has 0 radical (unpaired) electrons. The maximum absolute atomic E-state index is 12.3. The number of pyridine rings is 1. The van der Waals surface area contributed by atoms with Crippen molar-refractivity contribution in [2.45, 2.75) is 39.5 Å². The molecule has 0 spiro atoms. The third kappa shape index (κ3) is 4.91. The van der Waals surface area contributed by atoms with Crippen LogP contribution in [-0.4, -0.2) is 34.0 Å². The monoisotopic (exact) mass is 364 g/mol. The van der Waals surface area contributed by atoms with Crippen molar-refractivity contribution in [2.75, 3.05) is 16.8 Å². The van der Waals surface area contributed by atoms with Crippen LogP contribution in [0, 0.1) is 5.92 Å². The van der Waals surface area contributed by atoms with Crippen LogP contribution < -0.4 is 22.6 Å². The predicted octanol–water partition coefficient (Wildman–Crippen LogP) is 0.765. The molecular weight excluding hydrogens is 340 g/mol. The molecule has 1 unspecified atom stereocenters. The molecule has 1 rings (SSSR count). The zero-order valence-electron chi connectivity index (χ0n) is 14.8. The molecule has 10 nitrogen and oxygen atoms in total. The zero-order valence-corrected chi connectivity index (χ0v) is 14.8. The number of hydrogen-bond donors (Lipinski definition) is 5. The van der Waals surface area contributed by atoms with E-state index in [0.29, 0.717) is 6.42 Å².